The first-order valence-corrected chi connectivity index (χ1v) is 9.16. The summed E-state index contributed by atoms with van der Waals surface area (Å²) in [6.45, 7) is 9.87. The molecular weight excluding hydrogens is 382 g/mol. The van der Waals surface area contributed by atoms with Crippen molar-refractivity contribution in [1.82, 2.24) is 0 Å². The van der Waals surface area contributed by atoms with Gasteiger partial charge in [0.2, 0.25) is 0 Å². The van der Waals surface area contributed by atoms with Gasteiger partial charge in [-0.3, -0.25) is 0 Å². The topological polar surface area (TPSA) is 144 Å². The lowest BCUT2D eigenvalue weighted by Gasteiger charge is -2.68. The molecule has 0 aromatic heterocycles. The molecule has 0 aliphatic heterocycles. The van der Waals surface area contributed by atoms with Gasteiger partial charge in [-0.2, -0.15) is 13.2 Å². The Balaban J connectivity index is 0.000000410. The van der Waals surface area contributed by atoms with Crippen LogP contribution in [-0.2, 0) is 4.79 Å². The van der Waals surface area contributed by atoms with Crippen molar-refractivity contribution in [1.29, 1.82) is 0 Å². The van der Waals surface area contributed by atoms with Gasteiger partial charge in [-0.15, -0.1) is 0 Å². The van der Waals surface area contributed by atoms with Gasteiger partial charge in [-0.05, 0) is 49.9 Å². The molecule has 3 rings (SSSR count). The van der Waals surface area contributed by atoms with Gasteiger partial charge in [0.05, 0.1) is 11.2 Å². The van der Waals surface area contributed by atoms with E-state index in [-0.39, 0.29) is 5.41 Å². The van der Waals surface area contributed by atoms with Crippen molar-refractivity contribution in [2.75, 3.05) is 0 Å². The number of aliphatic hydroxyl groups is 2. The molecule has 0 amide bonds. The third kappa shape index (κ3) is 6.31. The zero-order valence-electron chi connectivity index (χ0n) is 17.0. The van der Waals surface area contributed by atoms with E-state index in [2.05, 4.69) is 13.8 Å². The number of carbonyl (C=O) groups is 1. The number of aliphatic carboxylic acids is 1. The molecule has 0 aromatic carbocycles. The standard InChI is InChI=1S/C10H18O2.C5H14BNO2.C2HF3O2/c1-8(2)7-4-5-9(3,11)10(8,12)6-7;1-4(2)3-5(7)6(8)9;3-2(4,5)1(6)7/h7,11-12H,4-6H2,1-3H3;4-5,8-9H,3,7H2,1-2H3;(H,6,7)/t7?,9-,10+;;/m0../s1. The Bertz CT molecular complexity index is 518. The van der Waals surface area contributed by atoms with Crippen LogP contribution in [0.4, 0.5) is 13.2 Å². The van der Waals surface area contributed by atoms with Crippen molar-refractivity contribution in [3.05, 3.63) is 0 Å². The van der Waals surface area contributed by atoms with Crippen LogP contribution in [0.1, 0.15) is 60.3 Å². The van der Waals surface area contributed by atoms with Crippen LogP contribution in [0.2, 0.25) is 0 Å². The highest BCUT2D eigenvalue weighted by molar-refractivity contribution is 6.43. The SMILES string of the molecule is CC(C)CC(N)B(O)O.CC1(C)C2CC[C@](C)(O)[C@@]1(O)C2.O=C(O)C(F)(F)F. The highest BCUT2D eigenvalue weighted by atomic mass is 19.4. The largest absolute Gasteiger partial charge is 0.490 e. The zero-order valence-corrected chi connectivity index (χ0v) is 17.0. The van der Waals surface area contributed by atoms with Crippen molar-refractivity contribution >= 4 is 13.1 Å². The molecule has 3 aliphatic carbocycles. The van der Waals surface area contributed by atoms with Crippen molar-refractivity contribution < 1.29 is 43.3 Å². The van der Waals surface area contributed by atoms with Crippen LogP contribution in [-0.4, -0.2) is 61.8 Å². The molecule has 2 unspecified atom stereocenters. The first-order valence-electron chi connectivity index (χ1n) is 9.16. The number of hydrogen-bond acceptors (Lipinski definition) is 6. The fourth-order valence-corrected chi connectivity index (χ4v) is 3.79. The quantitative estimate of drug-likeness (QED) is 0.382. The molecule has 7 N–H and O–H groups in total. The maximum absolute atomic E-state index is 10.6. The van der Waals surface area contributed by atoms with E-state index in [9.17, 15) is 23.4 Å². The summed E-state index contributed by atoms with van der Waals surface area (Å²) < 4.78 is 31.7. The van der Waals surface area contributed by atoms with Gasteiger partial charge >= 0.3 is 19.3 Å². The maximum Gasteiger partial charge on any atom is 0.490 e. The number of hydrogen-bond donors (Lipinski definition) is 6. The van der Waals surface area contributed by atoms with Gasteiger partial charge in [0.1, 0.15) is 0 Å². The molecule has 0 saturated heterocycles. The third-order valence-corrected chi connectivity index (χ3v) is 5.87. The molecule has 7 nitrogen and oxygen atoms in total. The van der Waals surface area contributed by atoms with E-state index in [1.807, 2.05) is 13.8 Å². The monoisotopic (exact) mass is 415 g/mol. The lowest BCUT2D eigenvalue weighted by Crippen LogP contribution is -2.74. The highest BCUT2D eigenvalue weighted by Gasteiger charge is 2.69. The Kier molecular flexibility index (Phi) is 9.00. The van der Waals surface area contributed by atoms with E-state index in [1.165, 1.54) is 0 Å². The van der Waals surface area contributed by atoms with Crippen LogP contribution >= 0.6 is 0 Å². The van der Waals surface area contributed by atoms with Crippen LogP contribution < -0.4 is 5.73 Å². The molecule has 4 atom stereocenters. The molecule has 11 heteroatoms. The number of halogens is 3. The van der Waals surface area contributed by atoms with Crippen molar-refractivity contribution in [2.24, 2.45) is 23.0 Å². The molecule has 0 spiro atoms. The Morgan fingerprint density at radius 3 is 1.82 bits per heavy atom. The van der Waals surface area contributed by atoms with Gasteiger partial charge in [-0.1, -0.05) is 27.7 Å². The molecule has 3 fully saturated rings. The predicted octanol–water partition coefficient (Wildman–Crippen LogP) is 1.31. The molecular formula is C17H33BF3NO6. The fraction of sp³-hybridized carbons (Fsp3) is 0.941. The fourth-order valence-electron chi connectivity index (χ4n) is 3.79. The van der Waals surface area contributed by atoms with Crippen LogP contribution in [0.5, 0.6) is 0 Å². The van der Waals surface area contributed by atoms with Crippen molar-refractivity contribution in [2.45, 2.75) is 83.6 Å². The molecule has 0 aromatic rings. The predicted molar refractivity (Wildman–Crippen MR) is 98.0 cm³/mol. The lowest BCUT2D eigenvalue weighted by molar-refractivity contribution is -0.312. The third-order valence-electron chi connectivity index (χ3n) is 5.87. The normalized spacial score (nSPS) is 31.4. The second-order valence-electron chi connectivity index (χ2n) is 8.81. The van der Waals surface area contributed by atoms with E-state index in [1.54, 1.807) is 6.92 Å². The Morgan fingerprint density at radius 1 is 1.21 bits per heavy atom. The van der Waals surface area contributed by atoms with Gasteiger partial charge in [0, 0.05) is 5.94 Å². The Labute approximate surface area is 163 Å². The van der Waals surface area contributed by atoms with E-state index in [4.69, 9.17) is 25.7 Å². The maximum atomic E-state index is 10.6. The van der Waals surface area contributed by atoms with Crippen LogP contribution in [0.15, 0.2) is 0 Å². The molecule has 2 bridgehead atoms. The van der Waals surface area contributed by atoms with Crippen molar-refractivity contribution in [3.63, 3.8) is 0 Å². The van der Waals surface area contributed by atoms with Crippen LogP contribution in [0.25, 0.3) is 0 Å². The molecule has 166 valence electrons. The van der Waals surface area contributed by atoms with E-state index in [0.29, 0.717) is 18.3 Å². The highest BCUT2D eigenvalue weighted by Crippen LogP contribution is 2.65. The molecule has 3 aliphatic rings. The van der Waals surface area contributed by atoms with Gasteiger partial charge in [0.15, 0.2) is 0 Å². The summed E-state index contributed by atoms with van der Waals surface area (Å²) in [5, 5.41) is 44.4. The molecule has 0 radical (unpaired) electrons. The average Bonchev–Trinajstić information content (AvgIpc) is 2.49. The number of fused-ring (bicyclic) bond motifs is 2. The summed E-state index contributed by atoms with van der Waals surface area (Å²) >= 11 is 0. The lowest BCUT2D eigenvalue weighted by atomic mass is 9.41. The molecule has 0 heterocycles. The summed E-state index contributed by atoms with van der Waals surface area (Å²) in [7, 11) is -1.37. The number of nitrogens with two attached hydrogens (primary N) is 1. The summed E-state index contributed by atoms with van der Waals surface area (Å²) in [6, 6.07) is 0. The van der Waals surface area contributed by atoms with E-state index >= 15 is 0 Å². The first kappa shape index (κ1) is 27.1. The summed E-state index contributed by atoms with van der Waals surface area (Å²) in [4.78, 5) is 8.90. The van der Waals surface area contributed by atoms with E-state index in [0.717, 1.165) is 19.3 Å². The Hall–Kier alpha value is -0.875. The first-order chi connectivity index (χ1) is 12.3. The van der Waals surface area contributed by atoms with E-state index < -0.39 is 36.4 Å². The zero-order chi connectivity index (χ0) is 22.7. The minimum atomic E-state index is -5.08. The number of alkyl halides is 3. The van der Waals surface area contributed by atoms with Gasteiger partial charge in [-0.25, -0.2) is 4.79 Å². The molecule has 28 heavy (non-hydrogen) atoms. The number of carboxylic acid groups (broad SMARTS) is 1. The van der Waals surface area contributed by atoms with Crippen LogP contribution in [0, 0.1) is 17.3 Å². The summed E-state index contributed by atoms with van der Waals surface area (Å²) in [6.07, 6.45) is -1.84. The Morgan fingerprint density at radius 2 is 1.64 bits per heavy atom. The van der Waals surface area contributed by atoms with Crippen LogP contribution in [0.3, 0.4) is 0 Å². The second kappa shape index (κ2) is 9.29. The minimum absolute atomic E-state index is 0.0885. The average molecular weight is 415 g/mol. The second-order valence-corrected chi connectivity index (χ2v) is 8.81. The number of carboxylic acids is 1. The summed E-state index contributed by atoms with van der Waals surface area (Å²) in [5.74, 6) is -2.22. The van der Waals surface area contributed by atoms with Crippen molar-refractivity contribution in [3.8, 4) is 0 Å². The summed E-state index contributed by atoms with van der Waals surface area (Å²) in [5.41, 5.74) is 3.53. The smallest absolute Gasteiger partial charge is 0.475 e. The minimum Gasteiger partial charge on any atom is -0.475 e. The van der Waals surface area contributed by atoms with Gasteiger partial charge < -0.3 is 31.1 Å². The molecule has 3 saturated carbocycles. The van der Waals surface area contributed by atoms with Gasteiger partial charge in [0.25, 0.3) is 0 Å². The number of rotatable bonds is 3.